The summed E-state index contributed by atoms with van der Waals surface area (Å²) in [6.45, 7) is 3.93. The predicted molar refractivity (Wildman–Crippen MR) is 51.8 cm³/mol. The van der Waals surface area contributed by atoms with Gasteiger partial charge in [0.2, 0.25) is 0 Å². The fourth-order valence-electron chi connectivity index (χ4n) is 1.21. The van der Waals surface area contributed by atoms with Crippen LogP contribution in [0.2, 0.25) is 0 Å². The molecule has 0 fully saturated rings. The summed E-state index contributed by atoms with van der Waals surface area (Å²) in [5.74, 6) is -0.283. The van der Waals surface area contributed by atoms with Gasteiger partial charge < -0.3 is 0 Å². The molecule has 0 radical (unpaired) electrons. The maximum absolute atomic E-state index is 12.6. The fourth-order valence-corrected chi connectivity index (χ4v) is 1.21. The second kappa shape index (κ2) is 4.71. The van der Waals surface area contributed by atoms with E-state index < -0.39 is 0 Å². The Balaban J connectivity index is 0.00000112. The third-order valence-electron chi connectivity index (χ3n) is 2.15. The second-order valence-electron chi connectivity index (χ2n) is 3.23. The summed E-state index contributed by atoms with van der Waals surface area (Å²) in [5.41, 5.74) is 2.84. The molecule has 0 bridgehead atoms. The molecule has 15 heavy (non-hydrogen) atoms. The van der Waals surface area contributed by atoms with Crippen molar-refractivity contribution in [1.29, 1.82) is 0 Å². The summed E-state index contributed by atoms with van der Waals surface area (Å²) < 4.78 is 14.3. The molecule has 2 aromatic rings. The molecule has 0 amide bonds. The van der Waals surface area contributed by atoms with E-state index in [4.69, 9.17) is 0 Å². The SMILES string of the molecule is Cc1cn(-c2[c-]cc(F)cc2)nc1C.[Pt]. The normalized spacial score (nSPS) is 9.80. The van der Waals surface area contributed by atoms with E-state index in [1.807, 2.05) is 20.0 Å². The van der Waals surface area contributed by atoms with Gasteiger partial charge >= 0.3 is 0 Å². The van der Waals surface area contributed by atoms with Crippen LogP contribution in [0.25, 0.3) is 5.69 Å². The summed E-state index contributed by atoms with van der Waals surface area (Å²) in [6, 6.07) is 7.18. The maximum atomic E-state index is 12.6. The average Bonchev–Trinajstić information content (AvgIpc) is 2.48. The standard InChI is InChI=1S/C11H10FN2.Pt/c1-8-7-14(13-9(8)2)11-5-3-10(12)4-6-11;/h3-5,7H,1-2H3;/q-1;. The van der Waals surface area contributed by atoms with Gasteiger partial charge in [0.1, 0.15) is 0 Å². The largest absolute Gasteiger partial charge is 0.284 e. The number of rotatable bonds is 1. The average molecular weight is 384 g/mol. The minimum Gasteiger partial charge on any atom is -0.284 e. The molecule has 1 heterocycles. The van der Waals surface area contributed by atoms with E-state index in [2.05, 4.69) is 11.2 Å². The molecule has 0 spiro atoms. The zero-order chi connectivity index (χ0) is 10.1. The number of benzene rings is 1. The Kier molecular flexibility index (Phi) is 3.81. The summed E-state index contributed by atoms with van der Waals surface area (Å²) >= 11 is 0. The molecule has 0 aliphatic heterocycles. The van der Waals surface area contributed by atoms with Gasteiger partial charge in [-0.3, -0.25) is 9.07 Å². The minimum atomic E-state index is -0.283. The fraction of sp³-hybridized carbons (Fsp3) is 0.182. The zero-order valence-corrected chi connectivity index (χ0v) is 10.7. The van der Waals surface area contributed by atoms with Crippen LogP contribution < -0.4 is 0 Å². The molecule has 4 heteroatoms. The van der Waals surface area contributed by atoms with Crippen LogP contribution >= 0.6 is 0 Å². The Hall–Kier alpha value is -0.952. The van der Waals surface area contributed by atoms with Gasteiger partial charge in [-0.15, -0.1) is 18.2 Å². The number of hydrogen-bond donors (Lipinski definition) is 0. The summed E-state index contributed by atoms with van der Waals surface area (Å²) in [5, 5.41) is 4.27. The van der Waals surface area contributed by atoms with Gasteiger partial charge in [0.15, 0.2) is 0 Å². The first-order chi connectivity index (χ1) is 6.66. The molecule has 82 valence electrons. The molecule has 0 saturated carbocycles. The Morgan fingerprint density at radius 1 is 1.33 bits per heavy atom. The first-order valence-electron chi connectivity index (χ1n) is 4.37. The van der Waals surface area contributed by atoms with Crippen molar-refractivity contribution < 1.29 is 25.5 Å². The van der Waals surface area contributed by atoms with Crippen molar-refractivity contribution in [2.24, 2.45) is 0 Å². The molecule has 0 saturated heterocycles. The molecule has 0 atom stereocenters. The third kappa shape index (κ3) is 2.54. The van der Waals surface area contributed by atoms with Crippen molar-refractivity contribution in [3.63, 3.8) is 0 Å². The number of aromatic nitrogens is 2. The van der Waals surface area contributed by atoms with E-state index in [9.17, 15) is 4.39 Å². The van der Waals surface area contributed by atoms with Crippen LogP contribution in [0.4, 0.5) is 4.39 Å². The van der Waals surface area contributed by atoms with Crippen LogP contribution in [0.1, 0.15) is 11.3 Å². The van der Waals surface area contributed by atoms with Gasteiger partial charge in [-0.05, 0) is 25.1 Å². The quantitative estimate of drug-likeness (QED) is 0.691. The molecule has 1 aromatic heterocycles. The molecular formula is C11H10FN2Pt-. The Morgan fingerprint density at radius 3 is 2.53 bits per heavy atom. The monoisotopic (exact) mass is 384 g/mol. The van der Waals surface area contributed by atoms with Crippen LogP contribution in [-0.2, 0) is 21.1 Å². The van der Waals surface area contributed by atoms with Crippen molar-refractivity contribution in [1.82, 2.24) is 9.78 Å². The van der Waals surface area contributed by atoms with E-state index in [1.165, 1.54) is 12.1 Å². The van der Waals surface area contributed by atoms with E-state index in [-0.39, 0.29) is 26.9 Å². The van der Waals surface area contributed by atoms with Crippen LogP contribution in [0.15, 0.2) is 24.4 Å². The summed E-state index contributed by atoms with van der Waals surface area (Å²) in [7, 11) is 0. The van der Waals surface area contributed by atoms with Gasteiger partial charge in [-0.25, -0.2) is 0 Å². The number of nitrogens with zero attached hydrogens (tertiary/aromatic N) is 2. The molecule has 2 rings (SSSR count). The van der Waals surface area contributed by atoms with E-state index in [0.29, 0.717) is 0 Å². The molecule has 1 aromatic carbocycles. The van der Waals surface area contributed by atoms with E-state index in [1.54, 1.807) is 10.7 Å². The first kappa shape index (κ1) is 12.1. The Bertz CT molecular complexity index is 429. The first-order valence-corrected chi connectivity index (χ1v) is 4.37. The predicted octanol–water partition coefficient (Wildman–Crippen LogP) is 2.43. The number of hydrogen-bond acceptors (Lipinski definition) is 1. The van der Waals surface area contributed by atoms with Crippen LogP contribution in [0, 0.1) is 25.7 Å². The van der Waals surface area contributed by atoms with Gasteiger partial charge in [-0.2, -0.15) is 11.2 Å². The van der Waals surface area contributed by atoms with Crippen molar-refractivity contribution in [2.45, 2.75) is 13.8 Å². The third-order valence-corrected chi connectivity index (χ3v) is 2.15. The van der Waals surface area contributed by atoms with E-state index in [0.717, 1.165) is 16.9 Å². The smallest absolute Gasteiger partial charge is 0.0626 e. The summed E-state index contributed by atoms with van der Waals surface area (Å²) in [4.78, 5) is 0. The molecule has 0 N–H and O–H groups in total. The Labute approximate surface area is 102 Å². The topological polar surface area (TPSA) is 17.8 Å². The van der Waals surface area contributed by atoms with Gasteiger partial charge in [0.05, 0.1) is 5.69 Å². The molecule has 0 unspecified atom stereocenters. The van der Waals surface area contributed by atoms with Crippen molar-refractivity contribution in [3.8, 4) is 5.69 Å². The molecule has 0 aliphatic carbocycles. The van der Waals surface area contributed by atoms with Crippen LogP contribution in [-0.4, -0.2) is 9.78 Å². The summed E-state index contributed by atoms with van der Waals surface area (Å²) in [6.07, 6.45) is 1.90. The van der Waals surface area contributed by atoms with Crippen LogP contribution in [0.5, 0.6) is 0 Å². The molecule has 0 aliphatic rings. The minimum absolute atomic E-state index is 0. The molecule has 2 nitrogen and oxygen atoms in total. The van der Waals surface area contributed by atoms with Gasteiger partial charge in [0, 0.05) is 33.1 Å². The van der Waals surface area contributed by atoms with Crippen molar-refractivity contribution in [2.75, 3.05) is 0 Å². The van der Waals surface area contributed by atoms with Gasteiger partial charge in [-0.1, -0.05) is 0 Å². The molecular weight excluding hydrogens is 374 g/mol. The number of aryl methyl sites for hydroxylation is 2. The zero-order valence-electron chi connectivity index (χ0n) is 8.40. The van der Waals surface area contributed by atoms with E-state index >= 15 is 0 Å². The van der Waals surface area contributed by atoms with Crippen molar-refractivity contribution >= 4 is 0 Å². The van der Waals surface area contributed by atoms with Crippen molar-refractivity contribution in [3.05, 3.63) is 47.5 Å². The number of halogens is 1. The Morgan fingerprint density at radius 2 is 2.07 bits per heavy atom. The van der Waals surface area contributed by atoms with Crippen LogP contribution in [0.3, 0.4) is 0 Å². The second-order valence-corrected chi connectivity index (χ2v) is 3.23. The van der Waals surface area contributed by atoms with Gasteiger partial charge in [0.25, 0.3) is 0 Å². The maximum Gasteiger partial charge on any atom is 0.0626 e.